The number of anilines is 1. The van der Waals surface area contributed by atoms with Gasteiger partial charge in [0.05, 0.1) is 24.1 Å². The molecule has 1 saturated heterocycles. The van der Waals surface area contributed by atoms with Crippen molar-refractivity contribution >= 4 is 23.6 Å². The molecule has 2 aliphatic carbocycles. The average Bonchev–Trinajstić information content (AvgIpc) is 3.42. The van der Waals surface area contributed by atoms with Crippen LogP contribution in [0.15, 0.2) is 35.3 Å². The van der Waals surface area contributed by atoms with Crippen LogP contribution < -0.4 is 15.5 Å². The van der Waals surface area contributed by atoms with Gasteiger partial charge in [-0.1, -0.05) is 18.2 Å². The number of hydrogen-bond donors (Lipinski definition) is 2. The summed E-state index contributed by atoms with van der Waals surface area (Å²) in [7, 11) is 5.64. The van der Waals surface area contributed by atoms with Crippen LogP contribution in [-0.4, -0.2) is 61.9 Å². The molecule has 8 heteroatoms. The van der Waals surface area contributed by atoms with Crippen LogP contribution in [0.2, 0.25) is 0 Å². The van der Waals surface area contributed by atoms with Crippen LogP contribution in [0, 0.1) is 23.7 Å². The molecule has 0 aromatic carbocycles. The zero-order valence-electron chi connectivity index (χ0n) is 17.8. The fourth-order valence-corrected chi connectivity index (χ4v) is 4.84. The number of allylic oxidation sites excluding steroid dienone is 2. The Bertz CT molecular complexity index is 850. The second-order valence-corrected chi connectivity index (χ2v) is 8.42. The Labute approximate surface area is 177 Å². The molecule has 2 heterocycles. The quantitative estimate of drug-likeness (QED) is 0.229. The predicted octanol–water partition coefficient (Wildman–Crippen LogP) is 1.01. The van der Waals surface area contributed by atoms with Crippen molar-refractivity contribution in [2.75, 3.05) is 39.1 Å². The largest absolute Gasteiger partial charge is 0.363 e. The van der Waals surface area contributed by atoms with E-state index in [9.17, 15) is 9.59 Å². The first-order valence-electron chi connectivity index (χ1n) is 10.6. The van der Waals surface area contributed by atoms with E-state index < -0.39 is 0 Å². The topological polar surface area (TPSA) is 89.9 Å². The molecule has 8 nitrogen and oxygen atoms in total. The van der Waals surface area contributed by atoms with E-state index in [2.05, 4.69) is 32.8 Å². The third-order valence-corrected chi connectivity index (χ3v) is 6.32. The highest BCUT2D eigenvalue weighted by molar-refractivity contribution is 6.06. The van der Waals surface area contributed by atoms with E-state index in [1.54, 1.807) is 7.05 Å². The third-order valence-electron chi connectivity index (χ3n) is 6.32. The first-order valence-corrected chi connectivity index (χ1v) is 10.6. The molecule has 3 aliphatic rings. The summed E-state index contributed by atoms with van der Waals surface area (Å²) in [5, 5.41) is 6.50. The molecule has 2 amide bonds. The number of nitrogens with one attached hydrogen (secondary N) is 2. The van der Waals surface area contributed by atoms with Gasteiger partial charge in [0.1, 0.15) is 5.82 Å². The fourth-order valence-electron chi connectivity index (χ4n) is 4.84. The number of fused-ring (bicyclic) bond motifs is 5. The lowest BCUT2D eigenvalue weighted by molar-refractivity contribution is -0.140. The van der Waals surface area contributed by atoms with E-state index in [4.69, 9.17) is 0 Å². The molecule has 2 fully saturated rings. The van der Waals surface area contributed by atoms with Crippen LogP contribution in [-0.2, 0) is 16.1 Å². The second-order valence-electron chi connectivity index (χ2n) is 8.42. The summed E-state index contributed by atoms with van der Waals surface area (Å²) in [6.07, 6.45) is 5.91. The van der Waals surface area contributed by atoms with Gasteiger partial charge in [-0.2, -0.15) is 0 Å². The van der Waals surface area contributed by atoms with Crippen LogP contribution in [0.3, 0.4) is 0 Å². The van der Waals surface area contributed by atoms with E-state index in [0.29, 0.717) is 32.0 Å². The minimum atomic E-state index is -0.111. The summed E-state index contributed by atoms with van der Waals surface area (Å²) in [5.41, 5.74) is 0.923. The first-order chi connectivity index (χ1) is 14.5. The highest BCUT2D eigenvalue weighted by atomic mass is 16.2. The highest BCUT2D eigenvalue weighted by Crippen LogP contribution is 2.52. The SMILES string of the molecule is CN=C(NCCCN1C(=O)C2C3C=CC(C3)C2C1=O)NCc1cccc(N(C)C)n1. The van der Waals surface area contributed by atoms with Crippen LogP contribution in [0.5, 0.6) is 0 Å². The molecule has 1 aromatic rings. The predicted molar refractivity (Wildman–Crippen MR) is 116 cm³/mol. The first kappa shape index (κ1) is 20.4. The lowest BCUT2D eigenvalue weighted by Crippen LogP contribution is -2.39. The number of imide groups is 1. The molecule has 1 aliphatic heterocycles. The Morgan fingerprint density at radius 1 is 1.17 bits per heavy atom. The fraction of sp³-hybridized carbons (Fsp3) is 0.545. The molecular weight excluding hydrogens is 380 g/mol. The van der Waals surface area contributed by atoms with Gasteiger partial charge in [-0.05, 0) is 36.8 Å². The standard InChI is InChI=1S/C22H30N6O2/c1-23-22(25-13-16-6-4-7-17(26-16)27(2)3)24-10-5-11-28-20(29)18-14-8-9-15(12-14)19(18)21(28)30/h4,6-9,14-15,18-19H,5,10-13H2,1-3H3,(H2,23,24,25). The number of rotatable bonds is 7. The normalized spacial score (nSPS) is 27.0. The van der Waals surface area contributed by atoms with E-state index in [1.807, 2.05) is 37.2 Å². The molecule has 2 bridgehead atoms. The van der Waals surface area contributed by atoms with E-state index in [-0.39, 0.29) is 35.5 Å². The van der Waals surface area contributed by atoms with Crippen LogP contribution in [0.4, 0.5) is 5.82 Å². The third kappa shape index (κ3) is 3.78. The van der Waals surface area contributed by atoms with Crippen molar-refractivity contribution in [1.82, 2.24) is 20.5 Å². The maximum absolute atomic E-state index is 12.7. The molecule has 2 N–H and O–H groups in total. The number of hydrogen-bond acceptors (Lipinski definition) is 5. The summed E-state index contributed by atoms with van der Waals surface area (Å²) in [5.74, 6) is 1.94. The van der Waals surface area contributed by atoms with Crippen molar-refractivity contribution in [1.29, 1.82) is 0 Å². The number of carbonyl (C=O) groups excluding carboxylic acids is 2. The summed E-state index contributed by atoms with van der Waals surface area (Å²) >= 11 is 0. The van der Waals surface area contributed by atoms with E-state index >= 15 is 0 Å². The lowest BCUT2D eigenvalue weighted by atomic mass is 9.85. The molecule has 0 spiro atoms. The van der Waals surface area contributed by atoms with Gasteiger partial charge in [-0.15, -0.1) is 0 Å². The van der Waals surface area contributed by atoms with Crippen molar-refractivity contribution in [3.63, 3.8) is 0 Å². The summed E-state index contributed by atoms with van der Waals surface area (Å²) in [6.45, 7) is 1.65. The van der Waals surface area contributed by atoms with Crippen LogP contribution in [0.1, 0.15) is 18.5 Å². The Hall–Kier alpha value is -2.90. The highest BCUT2D eigenvalue weighted by Gasteiger charge is 2.58. The molecule has 4 unspecified atom stereocenters. The van der Waals surface area contributed by atoms with Gasteiger partial charge in [0.2, 0.25) is 11.8 Å². The van der Waals surface area contributed by atoms with Crippen molar-refractivity contribution in [3.05, 3.63) is 36.0 Å². The Kier molecular flexibility index (Phi) is 5.74. The van der Waals surface area contributed by atoms with E-state index in [0.717, 1.165) is 17.9 Å². The number of aromatic nitrogens is 1. The maximum Gasteiger partial charge on any atom is 0.233 e. The zero-order chi connectivity index (χ0) is 21.3. The monoisotopic (exact) mass is 410 g/mol. The van der Waals surface area contributed by atoms with Gasteiger partial charge < -0.3 is 15.5 Å². The Morgan fingerprint density at radius 2 is 1.87 bits per heavy atom. The molecule has 1 saturated carbocycles. The number of amides is 2. The minimum absolute atomic E-state index is 0.0243. The Morgan fingerprint density at radius 3 is 2.50 bits per heavy atom. The zero-order valence-corrected chi connectivity index (χ0v) is 17.8. The van der Waals surface area contributed by atoms with Gasteiger partial charge in [0.25, 0.3) is 0 Å². The maximum atomic E-state index is 12.7. The second kappa shape index (κ2) is 8.45. The average molecular weight is 411 g/mol. The number of pyridine rings is 1. The molecule has 0 radical (unpaired) electrons. The Balaban J connectivity index is 1.22. The smallest absolute Gasteiger partial charge is 0.233 e. The number of likely N-dealkylation sites (tertiary alicyclic amines) is 1. The number of carbonyl (C=O) groups is 2. The number of nitrogens with zero attached hydrogens (tertiary/aromatic N) is 4. The summed E-state index contributed by atoms with van der Waals surface area (Å²) < 4.78 is 0. The van der Waals surface area contributed by atoms with Crippen molar-refractivity contribution in [2.45, 2.75) is 19.4 Å². The molecular formula is C22H30N6O2. The van der Waals surface area contributed by atoms with Crippen molar-refractivity contribution in [3.8, 4) is 0 Å². The molecule has 160 valence electrons. The van der Waals surface area contributed by atoms with Crippen molar-refractivity contribution in [2.24, 2.45) is 28.7 Å². The molecule has 1 aromatic heterocycles. The van der Waals surface area contributed by atoms with Gasteiger partial charge in [0, 0.05) is 34.2 Å². The molecule has 30 heavy (non-hydrogen) atoms. The van der Waals surface area contributed by atoms with Gasteiger partial charge in [-0.25, -0.2) is 4.98 Å². The number of aliphatic imine (C=N–C) groups is 1. The minimum Gasteiger partial charge on any atom is -0.363 e. The lowest BCUT2D eigenvalue weighted by Gasteiger charge is -2.18. The van der Waals surface area contributed by atoms with Crippen LogP contribution >= 0.6 is 0 Å². The summed E-state index contributed by atoms with van der Waals surface area (Å²) in [4.78, 5) is 37.7. The van der Waals surface area contributed by atoms with Gasteiger partial charge in [0.15, 0.2) is 5.96 Å². The number of guanidine groups is 1. The molecule has 4 atom stereocenters. The van der Waals surface area contributed by atoms with Crippen LogP contribution in [0.25, 0.3) is 0 Å². The van der Waals surface area contributed by atoms with Gasteiger partial charge >= 0.3 is 0 Å². The van der Waals surface area contributed by atoms with Gasteiger partial charge in [-0.3, -0.25) is 19.5 Å². The van der Waals surface area contributed by atoms with E-state index in [1.165, 1.54) is 4.90 Å². The summed E-state index contributed by atoms with van der Waals surface area (Å²) in [6, 6.07) is 5.92. The van der Waals surface area contributed by atoms with Crippen molar-refractivity contribution < 1.29 is 9.59 Å². The molecule has 4 rings (SSSR count).